The minimum atomic E-state index is -0.0297. The molecule has 0 spiro atoms. The van der Waals surface area contributed by atoms with Crippen LogP contribution in [0.25, 0.3) is 0 Å². The molecule has 0 saturated heterocycles. The molecule has 4 nitrogen and oxygen atoms in total. The van der Waals surface area contributed by atoms with Crippen molar-refractivity contribution in [1.82, 2.24) is 9.88 Å². The number of hydrogen-bond acceptors (Lipinski definition) is 2. The van der Waals surface area contributed by atoms with Crippen LogP contribution in [0.5, 0.6) is 0 Å². The van der Waals surface area contributed by atoms with Gasteiger partial charge in [-0.1, -0.05) is 24.3 Å². The molecule has 2 aromatic rings. The van der Waals surface area contributed by atoms with Crippen LogP contribution in [0.4, 0.5) is 5.69 Å². The first kappa shape index (κ1) is 13.7. The van der Waals surface area contributed by atoms with E-state index in [1.54, 1.807) is 6.07 Å². The van der Waals surface area contributed by atoms with Crippen LogP contribution in [0.2, 0.25) is 0 Å². The molecule has 1 aliphatic carbocycles. The van der Waals surface area contributed by atoms with E-state index in [0.29, 0.717) is 11.4 Å². The third kappa shape index (κ3) is 2.79. The quantitative estimate of drug-likeness (QED) is 0.908. The van der Waals surface area contributed by atoms with Gasteiger partial charge in [-0.2, -0.15) is 0 Å². The molecule has 110 valence electrons. The van der Waals surface area contributed by atoms with E-state index in [4.69, 9.17) is 5.73 Å². The summed E-state index contributed by atoms with van der Waals surface area (Å²) >= 11 is 0. The summed E-state index contributed by atoms with van der Waals surface area (Å²) in [5.41, 5.74) is 9.82. The summed E-state index contributed by atoms with van der Waals surface area (Å²) in [6.45, 7) is 2.75. The Hall–Kier alpha value is -2.23. The van der Waals surface area contributed by atoms with Gasteiger partial charge in [0.05, 0.1) is 5.69 Å². The highest BCUT2D eigenvalue weighted by atomic mass is 16.2. The molecule has 1 aromatic carbocycles. The van der Waals surface area contributed by atoms with Crippen molar-refractivity contribution in [2.75, 3.05) is 5.73 Å². The summed E-state index contributed by atoms with van der Waals surface area (Å²) in [5.74, 6) is -0.0297. The summed E-state index contributed by atoms with van der Waals surface area (Å²) in [7, 11) is 0. The maximum absolute atomic E-state index is 12.4. The predicted octanol–water partition coefficient (Wildman–Crippen LogP) is 2.38. The molecule has 1 amide bonds. The van der Waals surface area contributed by atoms with Gasteiger partial charge in [0.2, 0.25) is 0 Å². The molecule has 0 aliphatic heterocycles. The molecule has 1 atom stereocenters. The number of benzene rings is 1. The van der Waals surface area contributed by atoms with Crippen LogP contribution in [-0.2, 0) is 19.4 Å². The van der Waals surface area contributed by atoms with E-state index < -0.39 is 0 Å². The Kier molecular flexibility index (Phi) is 3.69. The minimum absolute atomic E-state index is 0.0297. The van der Waals surface area contributed by atoms with Gasteiger partial charge in [0.15, 0.2) is 0 Å². The number of nitrogens with zero attached hydrogens (tertiary/aromatic N) is 1. The standard InChI is InChI=1S/C17H21N3O/c1-2-20-11-14(18)10-16(20)17(21)19-15-8-7-12-5-3-4-6-13(12)9-15/h3-6,10-11,15H,2,7-9,18H2,1H3,(H,19,21). The Balaban J connectivity index is 1.71. The first-order valence-electron chi connectivity index (χ1n) is 7.50. The Labute approximate surface area is 125 Å². The van der Waals surface area contributed by atoms with Gasteiger partial charge in [-0.05, 0) is 43.4 Å². The van der Waals surface area contributed by atoms with Crippen molar-refractivity contribution in [3.8, 4) is 0 Å². The zero-order chi connectivity index (χ0) is 14.8. The number of anilines is 1. The van der Waals surface area contributed by atoms with E-state index in [2.05, 4.69) is 29.6 Å². The molecule has 21 heavy (non-hydrogen) atoms. The van der Waals surface area contributed by atoms with Gasteiger partial charge >= 0.3 is 0 Å². The lowest BCUT2D eigenvalue weighted by molar-refractivity contribution is 0.0924. The fourth-order valence-corrected chi connectivity index (χ4v) is 3.07. The van der Waals surface area contributed by atoms with E-state index in [0.717, 1.165) is 25.8 Å². The second-order valence-corrected chi connectivity index (χ2v) is 5.63. The number of nitrogen functional groups attached to an aromatic ring is 1. The molecule has 1 aromatic heterocycles. The number of carbonyl (C=O) groups is 1. The number of rotatable bonds is 3. The molecule has 0 radical (unpaired) electrons. The summed E-state index contributed by atoms with van der Waals surface area (Å²) in [5, 5.41) is 3.15. The molecule has 0 bridgehead atoms. The molecule has 1 unspecified atom stereocenters. The number of nitrogens with two attached hydrogens (primary N) is 1. The lowest BCUT2D eigenvalue weighted by Crippen LogP contribution is -2.39. The summed E-state index contributed by atoms with van der Waals surface area (Å²) in [4.78, 5) is 12.4. The molecule has 4 heteroatoms. The first-order valence-corrected chi connectivity index (χ1v) is 7.50. The smallest absolute Gasteiger partial charge is 0.268 e. The monoisotopic (exact) mass is 283 g/mol. The third-order valence-corrected chi connectivity index (χ3v) is 4.17. The third-order valence-electron chi connectivity index (χ3n) is 4.17. The Morgan fingerprint density at radius 2 is 2.14 bits per heavy atom. The highest BCUT2D eigenvalue weighted by molar-refractivity contribution is 5.94. The van der Waals surface area contributed by atoms with Crippen LogP contribution >= 0.6 is 0 Å². The molecule has 0 saturated carbocycles. The number of hydrogen-bond donors (Lipinski definition) is 2. The van der Waals surface area contributed by atoms with E-state index >= 15 is 0 Å². The van der Waals surface area contributed by atoms with Crippen LogP contribution in [0.15, 0.2) is 36.5 Å². The zero-order valence-corrected chi connectivity index (χ0v) is 12.3. The van der Waals surface area contributed by atoms with Gasteiger partial charge in [-0.3, -0.25) is 4.79 Å². The molecule has 1 aliphatic rings. The first-order chi connectivity index (χ1) is 10.2. The number of nitrogens with one attached hydrogen (secondary N) is 1. The van der Waals surface area contributed by atoms with Crippen molar-refractivity contribution in [1.29, 1.82) is 0 Å². The number of fused-ring (bicyclic) bond motifs is 1. The van der Waals surface area contributed by atoms with Crippen molar-refractivity contribution < 1.29 is 4.79 Å². The largest absolute Gasteiger partial charge is 0.397 e. The molecule has 0 fully saturated rings. The maximum Gasteiger partial charge on any atom is 0.268 e. The second-order valence-electron chi connectivity index (χ2n) is 5.63. The van der Waals surface area contributed by atoms with Crippen molar-refractivity contribution in [2.24, 2.45) is 0 Å². The molecule has 3 rings (SSSR count). The van der Waals surface area contributed by atoms with Gasteiger partial charge in [0, 0.05) is 18.8 Å². The predicted molar refractivity (Wildman–Crippen MR) is 84.2 cm³/mol. The minimum Gasteiger partial charge on any atom is -0.397 e. The summed E-state index contributed by atoms with van der Waals surface area (Å²) in [6, 6.07) is 10.4. The van der Waals surface area contributed by atoms with Crippen molar-refractivity contribution in [3.05, 3.63) is 53.3 Å². The van der Waals surface area contributed by atoms with Gasteiger partial charge in [-0.25, -0.2) is 0 Å². The van der Waals surface area contributed by atoms with Crippen LogP contribution < -0.4 is 11.1 Å². The van der Waals surface area contributed by atoms with Crippen LogP contribution in [-0.4, -0.2) is 16.5 Å². The maximum atomic E-state index is 12.4. The topological polar surface area (TPSA) is 60.0 Å². The van der Waals surface area contributed by atoms with E-state index in [1.165, 1.54) is 11.1 Å². The average Bonchev–Trinajstić information content (AvgIpc) is 2.88. The normalized spacial score (nSPS) is 17.3. The van der Waals surface area contributed by atoms with Crippen LogP contribution in [0.3, 0.4) is 0 Å². The van der Waals surface area contributed by atoms with Gasteiger partial charge < -0.3 is 15.6 Å². The molecular formula is C17H21N3O. The SMILES string of the molecule is CCn1cc(N)cc1C(=O)NC1CCc2ccccc2C1. The van der Waals surface area contributed by atoms with Gasteiger partial charge in [0.1, 0.15) is 5.69 Å². The van der Waals surface area contributed by atoms with Crippen molar-refractivity contribution in [3.63, 3.8) is 0 Å². The van der Waals surface area contributed by atoms with Crippen LogP contribution in [0.1, 0.15) is 35.0 Å². The van der Waals surface area contributed by atoms with E-state index in [9.17, 15) is 4.79 Å². The van der Waals surface area contributed by atoms with Gasteiger partial charge in [0.25, 0.3) is 5.91 Å². The highest BCUT2D eigenvalue weighted by Gasteiger charge is 2.21. The molecular weight excluding hydrogens is 262 g/mol. The summed E-state index contributed by atoms with van der Waals surface area (Å²) < 4.78 is 1.89. The van der Waals surface area contributed by atoms with Crippen LogP contribution in [0, 0.1) is 0 Å². The van der Waals surface area contributed by atoms with E-state index in [1.807, 2.05) is 17.7 Å². The van der Waals surface area contributed by atoms with E-state index in [-0.39, 0.29) is 11.9 Å². The number of carbonyl (C=O) groups excluding carboxylic acids is 1. The lowest BCUT2D eigenvalue weighted by atomic mass is 9.88. The zero-order valence-electron chi connectivity index (χ0n) is 12.3. The fraction of sp³-hybridized carbons (Fsp3) is 0.353. The summed E-state index contributed by atoms with van der Waals surface area (Å²) in [6.07, 6.45) is 4.73. The Bertz CT molecular complexity index is 660. The lowest BCUT2D eigenvalue weighted by Gasteiger charge is -2.25. The molecule has 3 N–H and O–H groups in total. The number of aryl methyl sites for hydroxylation is 2. The Morgan fingerprint density at radius 1 is 1.38 bits per heavy atom. The molecule has 1 heterocycles. The number of amides is 1. The second kappa shape index (κ2) is 5.64. The number of aromatic nitrogens is 1. The van der Waals surface area contributed by atoms with Gasteiger partial charge in [-0.15, -0.1) is 0 Å². The van der Waals surface area contributed by atoms with Crippen molar-refractivity contribution in [2.45, 2.75) is 38.8 Å². The average molecular weight is 283 g/mol. The fourth-order valence-electron chi connectivity index (χ4n) is 3.07. The Morgan fingerprint density at radius 3 is 2.90 bits per heavy atom. The van der Waals surface area contributed by atoms with Crippen molar-refractivity contribution >= 4 is 11.6 Å². The highest BCUT2D eigenvalue weighted by Crippen LogP contribution is 2.21.